The van der Waals surface area contributed by atoms with Gasteiger partial charge in [-0.05, 0) is 25.6 Å². The number of thiol groups is 1. The van der Waals surface area contributed by atoms with Crippen molar-refractivity contribution >= 4 is 29.0 Å². The number of thiocarbonyl (C=S) groups is 1. The molecule has 0 amide bonds. The van der Waals surface area contributed by atoms with Crippen molar-refractivity contribution in [1.29, 1.82) is 0 Å². The smallest absolute Gasteiger partial charge is 0.0747 e. The Kier molecular flexibility index (Phi) is 42.7. The summed E-state index contributed by atoms with van der Waals surface area (Å²) in [6, 6.07) is 9.72. The van der Waals surface area contributed by atoms with Gasteiger partial charge >= 0.3 is 0 Å². The van der Waals surface area contributed by atoms with E-state index in [1.807, 2.05) is 37.4 Å². The lowest BCUT2D eigenvalue weighted by Gasteiger charge is -1.98. The second-order valence-corrected chi connectivity index (χ2v) is 10.5. The van der Waals surface area contributed by atoms with Gasteiger partial charge in [0.05, 0.1) is 4.20 Å². The molecule has 0 unspecified atom stereocenters. The number of rotatable bonds is 18. The number of benzene rings is 1. The topological polar surface area (TPSA) is 12.0 Å². The first kappa shape index (κ1) is 39.1. The van der Waals surface area contributed by atoms with Crippen molar-refractivity contribution in [3.63, 3.8) is 0 Å². The minimum Gasteiger partial charge on any atom is -0.320 e. The maximum Gasteiger partial charge on any atom is 0.0747 e. The van der Waals surface area contributed by atoms with E-state index in [1.165, 1.54) is 122 Å². The fraction of sp³-hybridized carbons (Fsp3) is 0.781. The molecule has 0 aliphatic heterocycles. The Morgan fingerprint density at radius 1 is 0.571 bits per heavy atom. The highest BCUT2D eigenvalue weighted by Crippen LogP contribution is 2.05. The quantitative estimate of drug-likeness (QED) is 0.112. The molecule has 0 radical (unpaired) electrons. The molecule has 1 aromatic carbocycles. The molecule has 0 aliphatic carbocycles. The van der Waals surface area contributed by atoms with Crippen molar-refractivity contribution in [1.82, 2.24) is 5.32 Å². The maximum absolute atomic E-state index is 4.83. The third kappa shape index (κ3) is 41.0. The van der Waals surface area contributed by atoms with Gasteiger partial charge in [0.1, 0.15) is 0 Å². The summed E-state index contributed by atoms with van der Waals surface area (Å²) in [6.45, 7) is 12.5. The summed E-state index contributed by atoms with van der Waals surface area (Å²) in [5.41, 5.74) is 1.01. The van der Waals surface area contributed by atoms with Gasteiger partial charge in [0.25, 0.3) is 0 Å². The Hall–Kier alpha value is -0.380. The molecule has 208 valence electrons. The van der Waals surface area contributed by atoms with E-state index in [1.54, 1.807) is 0 Å². The van der Waals surface area contributed by atoms with E-state index in [-0.39, 0.29) is 0 Å². The Bertz CT molecular complexity index is 444. The van der Waals surface area contributed by atoms with Crippen LogP contribution < -0.4 is 5.32 Å². The first-order valence-electron chi connectivity index (χ1n) is 15.0. The minimum atomic E-state index is 0.649. The van der Waals surface area contributed by atoms with Crippen LogP contribution in [0.2, 0.25) is 0 Å². The van der Waals surface area contributed by atoms with Crippen molar-refractivity contribution in [2.24, 2.45) is 0 Å². The zero-order valence-corrected chi connectivity index (χ0v) is 26.4. The molecular formula is C32H63NS2. The van der Waals surface area contributed by atoms with E-state index in [4.69, 9.17) is 12.2 Å². The molecule has 1 aromatic rings. The molecule has 0 bridgehead atoms. The summed E-state index contributed by atoms with van der Waals surface area (Å²) in [4.78, 5) is 0. The predicted molar refractivity (Wildman–Crippen MR) is 173 cm³/mol. The van der Waals surface area contributed by atoms with Crippen LogP contribution >= 0.6 is 24.8 Å². The van der Waals surface area contributed by atoms with Crippen LogP contribution in [-0.2, 0) is 0 Å². The molecule has 0 heterocycles. The maximum atomic E-state index is 4.83. The van der Waals surface area contributed by atoms with E-state index in [9.17, 15) is 0 Å². The average molecular weight is 526 g/mol. The fourth-order valence-corrected chi connectivity index (χ4v) is 3.66. The van der Waals surface area contributed by atoms with Crippen LogP contribution in [0.15, 0.2) is 30.3 Å². The van der Waals surface area contributed by atoms with Crippen LogP contribution in [0.1, 0.15) is 156 Å². The minimum absolute atomic E-state index is 0.649. The molecule has 0 aliphatic rings. The summed E-state index contributed by atoms with van der Waals surface area (Å²) in [5.74, 6) is 0. The first-order chi connectivity index (χ1) is 17.0. The lowest BCUT2D eigenvalue weighted by Crippen LogP contribution is -2.06. The Morgan fingerprint density at radius 2 is 0.886 bits per heavy atom. The summed E-state index contributed by atoms with van der Waals surface area (Å²) in [6.07, 6.45) is 25.4. The first-order valence-corrected chi connectivity index (χ1v) is 15.8. The summed E-state index contributed by atoms with van der Waals surface area (Å²) >= 11 is 8.85. The van der Waals surface area contributed by atoms with E-state index in [0.717, 1.165) is 5.56 Å². The molecule has 0 saturated heterocycles. The number of nitrogens with one attached hydrogen (secondary N) is 1. The zero-order chi connectivity index (χ0) is 26.8. The molecule has 1 nitrogen and oxygen atoms in total. The van der Waals surface area contributed by atoms with Gasteiger partial charge in [-0.2, -0.15) is 0 Å². The molecule has 0 atom stereocenters. The van der Waals surface area contributed by atoms with Crippen LogP contribution in [-0.4, -0.2) is 17.8 Å². The second kappa shape index (κ2) is 38.2. The van der Waals surface area contributed by atoms with Gasteiger partial charge in [-0.25, -0.2) is 0 Å². The summed E-state index contributed by atoms with van der Waals surface area (Å²) in [5, 5.41) is 3.16. The van der Waals surface area contributed by atoms with Gasteiger partial charge < -0.3 is 5.32 Å². The van der Waals surface area contributed by atoms with Gasteiger partial charge in [0.2, 0.25) is 0 Å². The zero-order valence-electron chi connectivity index (χ0n) is 24.7. The monoisotopic (exact) mass is 525 g/mol. The molecule has 0 aromatic heterocycles. The normalized spacial score (nSPS) is 9.69. The van der Waals surface area contributed by atoms with E-state index >= 15 is 0 Å². The largest absolute Gasteiger partial charge is 0.320 e. The predicted octanol–water partition coefficient (Wildman–Crippen LogP) is 11.6. The van der Waals surface area contributed by atoms with Gasteiger partial charge in [-0.1, -0.05) is 186 Å². The van der Waals surface area contributed by atoms with Crippen molar-refractivity contribution in [3.05, 3.63) is 35.9 Å². The molecule has 0 saturated carbocycles. The van der Waals surface area contributed by atoms with Crippen LogP contribution in [0.4, 0.5) is 0 Å². The third-order valence-electron chi connectivity index (χ3n) is 5.72. The van der Waals surface area contributed by atoms with Crippen LogP contribution in [0.25, 0.3) is 0 Å². The second-order valence-electron chi connectivity index (χ2n) is 9.37. The van der Waals surface area contributed by atoms with Crippen molar-refractivity contribution in [3.8, 4) is 0 Å². The highest BCUT2D eigenvalue weighted by Gasteiger charge is 1.90. The van der Waals surface area contributed by atoms with Crippen LogP contribution in [0, 0.1) is 0 Å². The van der Waals surface area contributed by atoms with E-state index in [0.29, 0.717) is 4.20 Å². The Labute approximate surface area is 233 Å². The molecular weight excluding hydrogens is 462 g/mol. The SMILES string of the molecule is CCCCCCCC.CCCCCCCC.CCCCCCCCNC.S=C(S)c1ccccc1. The molecule has 0 fully saturated rings. The number of hydrogen-bond acceptors (Lipinski definition) is 2. The molecule has 3 heteroatoms. The molecule has 1 rings (SSSR count). The van der Waals surface area contributed by atoms with E-state index < -0.39 is 0 Å². The van der Waals surface area contributed by atoms with Gasteiger partial charge in [0, 0.05) is 0 Å². The highest BCUT2D eigenvalue weighted by molar-refractivity contribution is 8.11. The van der Waals surface area contributed by atoms with Crippen LogP contribution in [0.5, 0.6) is 0 Å². The van der Waals surface area contributed by atoms with Gasteiger partial charge in [-0.15, -0.1) is 12.6 Å². The molecule has 35 heavy (non-hydrogen) atoms. The highest BCUT2D eigenvalue weighted by atomic mass is 32.1. The number of unbranched alkanes of at least 4 members (excludes halogenated alkanes) is 15. The van der Waals surface area contributed by atoms with Gasteiger partial charge in [0.15, 0.2) is 0 Å². The standard InChI is InChI=1S/C9H21N.2C8H18.C7H6S2/c1-3-4-5-6-7-8-9-10-2;2*1-3-5-7-8-6-4-2;8-7(9)6-4-2-1-3-5-6/h10H,3-9H2,1-2H3;2*3-8H2,1-2H3;1-5H,(H,8,9). The lowest BCUT2D eigenvalue weighted by atomic mass is 10.1. The third-order valence-corrected chi connectivity index (χ3v) is 6.21. The summed E-state index contributed by atoms with van der Waals surface area (Å²) < 4.78 is 0.649. The number of hydrogen-bond donors (Lipinski definition) is 2. The Balaban J connectivity index is -0.000000392. The molecule has 0 spiro atoms. The van der Waals surface area contributed by atoms with Gasteiger partial charge in [-0.3, -0.25) is 0 Å². The summed E-state index contributed by atoms with van der Waals surface area (Å²) in [7, 11) is 2.02. The molecule has 1 N–H and O–H groups in total. The van der Waals surface area contributed by atoms with E-state index in [2.05, 4.69) is 52.6 Å². The van der Waals surface area contributed by atoms with Crippen molar-refractivity contribution in [2.45, 2.75) is 150 Å². The Morgan fingerprint density at radius 3 is 1.14 bits per heavy atom. The lowest BCUT2D eigenvalue weighted by molar-refractivity contribution is 0.592. The average Bonchev–Trinajstić information content (AvgIpc) is 2.88. The van der Waals surface area contributed by atoms with Crippen molar-refractivity contribution < 1.29 is 0 Å². The fourth-order valence-electron chi connectivity index (χ4n) is 3.37. The van der Waals surface area contributed by atoms with Crippen molar-refractivity contribution in [2.75, 3.05) is 13.6 Å². The van der Waals surface area contributed by atoms with Crippen LogP contribution in [0.3, 0.4) is 0 Å².